The number of hydrogen-bond donors (Lipinski definition) is 1. The van der Waals surface area contributed by atoms with Crippen LogP contribution in [0.4, 0.5) is 0 Å². The Morgan fingerprint density at radius 2 is 2.15 bits per heavy atom. The summed E-state index contributed by atoms with van der Waals surface area (Å²) in [6.07, 6.45) is 3.95. The van der Waals surface area contributed by atoms with Gasteiger partial charge in [0.2, 0.25) is 0 Å². The molecule has 0 aromatic rings. The average molecular weight is 397 g/mol. The second-order valence-electron chi connectivity index (χ2n) is 7.05. The number of hydrogen-bond acceptors (Lipinski definition) is 3. The van der Waals surface area contributed by atoms with Gasteiger partial charge in [0.1, 0.15) is 0 Å². The van der Waals surface area contributed by atoms with Crippen LogP contribution in [-0.4, -0.2) is 43.3 Å². The second-order valence-corrected chi connectivity index (χ2v) is 13.5. The molecule has 3 nitrogen and oxygen atoms in total. The predicted octanol–water partition coefficient (Wildman–Crippen LogP) is 3.25. The maximum absolute atomic E-state index is 11.5. The van der Waals surface area contributed by atoms with Gasteiger partial charge in [-0.2, -0.15) is 0 Å². The molecule has 4 heteroatoms. The Balaban J connectivity index is 1.93. The summed E-state index contributed by atoms with van der Waals surface area (Å²) >= 11 is -1.30. The first-order chi connectivity index (χ1) is 9.33. The molecule has 0 saturated heterocycles. The summed E-state index contributed by atoms with van der Waals surface area (Å²) in [4.78, 5) is 13.9. The Kier molecular flexibility index (Phi) is 5.10. The Labute approximate surface area is 130 Å². The SMILES string of the molecule is CCOC(=O)CC[Te+](C)C[C@]12CC[C@H](C[C@H]1O)C2(C)C. The molecule has 0 spiro atoms. The number of esters is 1. The molecule has 0 aliphatic heterocycles. The summed E-state index contributed by atoms with van der Waals surface area (Å²) < 4.78 is 7.27. The number of rotatable bonds is 6. The van der Waals surface area contributed by atoms with Crippen LogP contribution in [0.25, 0.3) is 0 Å². The van der Waals surface area contributed by atoms with E-state index in [2.05, 4.69) is 18.8 Å². The minimum absolute atomic E-state index is 0.0479. The van der Waals surface area contributed by atoms with Crippen LogP contribution >= 0.6 is 0 Å². The summed E-state index contributed by atoms with van der Waals surface area (Å²) in [5, 5.41) is 10.6. The van der Waals surface area contributed by atoms with Crippen molar-refractivity contribution < 1.29 is 14.6 Å². The summed E-state index contributed by atoms with van der Waals surface area (Å²) in [5.41, 5.74) is 0.434. The van der Waals surface area contributed by atoms with Gasteiger partial charge in [-0.15, -0.1) is 0 Å². The molecule has 2 bridgehead atoms. The molecular weight excluding hydrogens is 368 g/mol. The number of aliphatic hydroxyl groups excluding tert-OH is 1. The molecule has 0 amide bonds. The summed E-state index contributed by atoms with van der Waals surface area (Å²) in [5.74, 6) is 0.655. The molecule has 1 N–H and O–H groups in total. The Hall–Kier alpha value is 0.220. The quantitative estimate of drug-likeness (QED) is 0.553. The number of carbonyl (C=O) groups is 1. The number of carbonyl (C=O) groups excluding carboxylic acids is 1. The Bertz CT molecular complexity index is 369. The first-order valence-corrected chi connectivity index (χ1v) is 13.4. The molecule has 2 aliphatic carbocycles. The zero-order valence-corrected chi connectivity index (χ0v) is 15.6. The van der Waals surface area contributed by atoms with Crippen LogP contribution in [0.2, 0.25) is 13.9 Å². The Morgan fingerprint density at radius 1 is 1.45 bits per heavy atom. The number of ether oxygens (including phenoxy) is 1. The third-order valence-corrected chi connectivity index (χ3v) is 11.3. The molecule has 0 radical (unpaired) electrons. The number of fused-ring (bicyclic) bond motifs is 2. The van der Waals surface area contributed by atoms with Crippen molar-refractivity contribution >= 4 is 25.5 Å². The van der Waals surface area contributed by atoms with Crippen LogP contribution in [0.1, 0.15) is 46.5 Å². The van der Waals surface area contributed by atoms with Gasteiger partial charge in [0, 0.05) is 0 Å². The van der Waals surface area contributed by atoms with E-state index in [9.17, 15) is 9.90 Å². The van der Waals surface area contributed by atoms with Gasteiger partial charge in [-0.1, -0.05) is 0 Å². The van der Waals surface area contributed by atoms with Crippen molar-refractivity contribution in [2.45, 2.75) is 66.5 Å². The van der Waals surface area contributed by atoms with Crippen LogP contribution in [-0.2, 0) is 9.53 Å². The van der Waals surface area contributed by atoms with E-state index in [1.165, 1.54) is 17.3 Å². The van der Waals surface area contributed by atoms with E-state index in [-0.39, 0.29) is 22.9 Å². The van der Waals surface area contributed by atoms with Crippen molar-refractivity contribution in [3.8, 4) is 0 Å². The van der Waals surface area contributed by atoms with Crippen LogP contribution in [0.15, 0.2) is 0 Å². The molecule has 116 valence electrons. The van der Waals surface area contributed by atoms with Crippen LogP contribution in [0.3, 0.4) is 0 Å². The van der Waals surface area contributed by atoms with Crippen molar-refractivity contribution in [2.24, 2.45) is 16.7 Å². The van der Waals surface area contributed by atoms with Crippen LogP contribution < -0.4 is 0 Å². The van der Waals surface area contributed by atoms with Gasteiger partial charge in [0.25, 0.3) is 0 Å². The van der Waals surface area contributed by atoms with Crippen molar-refractivity contribution in [1.82, 2.24) is 0 Å². The standard InChI is InChI=1S/C16H29O3Te/c1-5-19-14(18)7-9-20(4)11-16-8-6-12(10-13(16)17)15(16,2)3/h12-13,17H,5-11H2,1-4H3/q+1/t12-,13-,16-/m1/s1. The average Bonchev–Trinajstić information content (AvgIpc) is 2.71. The van der Waals surface area contributed by atoms with E-state index in [1.54, 1.807) is 0 Å². The van der Waals surface area contributed by atoms with Gasteiger partial charge in [-0.05, 0) is 0 Å². The van der Waals surface area contributed by atoms with Gasteiger partial charge in [0.05, 0.1) is 0 Å². The minimum atomic E-state index is -1.30. The molecule has 2 rings (SSSR count). The fraction of sp³-hybridized carbons (Fsp3) is 0.938. The molecule has 2 saturated carbocycles. The van der Waals surface area contributed by atoms with E-state index < -0.39 is 19.6 Å². The van der Waals surface area contributed by atoms with E-state index in [0.29, 0.717) is 18.9 Å². The first-order valence-electron chi connectivity index (χ1n) is 7.76. The van der Waals surface area contributed by atoms with Gasteiger partial charge < -0.3 is 0 Å². The molecule has 0 heterocycles. The molecule has 2 fully saturated rings. The van der Waals surface area contributed by atoms with E-state index in [4.69, 9.17) is 4.74 Å². The van der Waals surface area contributed by atoms with Crippen LogP contribution in [0, 0.1) is 16.7 Å². The fourth-order valence-corrected chi connectivity index (χ4v) is 10.8. The zero-order chi connectivity index (χ0) is 15.0. The summed E-state index contributed by atoms with van der Waals surface area (Å²) in [6, 6.07) is 0. The van der Waals surface area contributed by atoms with Crippen molar-refractivity contribution in [1.29, 1.82) is 0 Å². The predicted molar refractivity (Wildman–Crippen MR) is 82.0 cm³/mol. The van der Waals surface area contributed by atoms with Gasteiger partial charge in [0.15, 0.2) is 0 Å². The first kappa shape index (κ1) is 16.6. The fourth-order valence-electron chi connectivity index (χ4n) is 4.38. The molecule has 20 heavy (non-hydrogen) atoms. The van der Waals surface area contributed by atoms with Crippen LogP contribution in [0.5, 0.6) is 0 Å². The van der Waals surface area contributed by atoms with E-state index in [0.717, 1.165) is 10.9 Å². The molecule has 0 aromatic heterocycles. The molecule has 2 aliphatic rings. The van der Waals surface area contributed by atoms with Crippen molar-refractivity contribution in [3.63, 3.8) is 0 Å². The van der Waals surface area contributed by atoms with Gasteiger partial charge >= 0.3 is 130 Å². The van der Waals surface area contributed by atoms with Gasteiger partial charge in [-0.25, -0.2) is 0 Å². The summed E-state index contributed by atoms with van der Waals surface area (Å²) in [6.45, 7) is 7.06. The monoisotopic (exact) mass is 399 g/mol. The zero-order valence-electron chi connectivity index (χ0n) is 13.3. The van der Waals surface area contributed by atoms with E-state index in [1.807, 2.05) is 6.92 Å². The third kappa shape index (κ3) is 2.76. The Morgan fingerprint density at radius 3 is 2.65 bits per heavy atom. The normalized spacial score (nSPS) is 34.7. The third-order valence-electron chi connectivity index (χ3n) is 5.85. The molecule has 0 unspecified atom stereocenters. The second kappa shape index (κ2) is 6.15. The van der Waals surface area contributed by atoms with Gasteiger partial charge in [-0.3, -0.25) is 0 Å². The summed E-state index contributed by atoms with van der Waals surface area (Å²) in [7, 11) is 0. The topological polar surface area (TPSA) is 46.5 Å². The molecule has 0 aromatic carbocycles. The van der Waals surface area contributed by atoms with Crippen molar-refractivity contribution in [2.75, 3.05) is 6.61 Å². The molecule has 3 atom stereocenters. The van der Waals surface area contributed by atoms with Crippen molar-refractivity contribution in [3.05, 3.63) is 0 Å². The molecular formula is C16H29O3Te+. The maximum atomic E-state index is 11.5. The van der Waals surface area contributed by atoms with E-state index >= 15 is 0 Å². The number of aliphatic hydroxyl groups is 1.